The Hall–Kier alpha value is -1.22. The predicted octanol–water partition coefficient (Wildman–Crippen LogP) is -2.32. The van der Waals surface area contributed by atoms with Crippen molar-refractivity contribution in [2.45, 2.75) is 38.2 Å². The second-order valence-electron chi connectivity index (χ2n) is 4.16. The average Bonchev–Trinajstić information content (AvgIpc) is 2.32. The van der Waals surface area contributed by atoms with Crippen molar-refractivity contribution in [3.8, 4) is 0 Å². The number of aliphatic hydroxyl groups excluding tert-OH is 3. The molecule has 0 aliphatic carbocycles. The monoisotopic (exact) mass is 265 g/mol. The van der Waals surface area contributed by atoms with Crippen LogP contribution in [0.4, 0.5) is 0 Å². The zero-order valence-electron chi connectivity index (χ0n) is 10.2. The maximum Gasteiger partial charge on any atom is 0.335 e. The lowest BCUT2D eigenvalue weighted by molar-refractivity contribution is -0.163. The number of nitrogens with two attached hydrogens (primary N) is 1. The van der Waals surface area contributed by atoms with E-state index in [0.29, 0.717) is 0 Å². The molecule has 18 heavy (non-hydrogen) atoms. The lowest BCUT2D eigenvalue weighted by atomic mass is 10.0. The minimum Gasteiger partial charge on any atom is -0.479 e. The van der Waals surface area contributed by atoms with Crippen LogP contribution in [0.5, 0.6) is 0 Å². The molecule has 0 amide bonds. The first-order chi connectivity index (χ1) is 8.22. The van der Waals surface area contributed by atoms with Gasteiger partial charge in [0.2, 0.25) is 0 Å². The number of rotatable bonds is 7. The molecule has 0 saturated heterocycles. The fourth-order valence-electron chi connectivity index (χ4n) is 1.10. The predicted molar refractivity (Wildman–Crippen MR) is 59.4 cm³/mol. The van der Waals surface area contributed by atoms with Crippen molar-refractivity contribution in [3.63, 3.8) is 0 Å². The van der Waals surface area contributed by atoms with E-state index in [1.165, 1.54) is 0 Å². The number of carboxylic acid groups (broad SMARTS) is 1. The van der Waals surface area contributed by atoms with Crippen molar-refractivity contribution in [2.75, 3.05) is 6.61 Å². The molecule has 8 heteroatoms. The Labute approximate surface area is 104 Å². The van der Waals surface area contributed by atoms with Crippen LogP contribution < -0.4 is 5.73 Å². The average molecular weight is 265 g/mol. The smallest absolute Gasteiger partial charge is 0.335 e. The third kappa shape index (κ3) is 4.57. The Kier molecular flexibility index (Phi) is 6.77. The highest BCUT2D eigenvalue weighted by Gasteiger charge is 2.35. The van der Waals surface area contributed by atoms with E-state index < -0.39 is 48.8 Å². The van der Waals surface area contributed by atoms with E-state index in [1.807, 2.05) is 0 Å². The molecule has 0 radical (unpaired) electrons. The highest BCUT2D eigenvalue weighted by atomic mass is 16.6. The quantitative estimate of drug-likeness (QED) is 0.322. The summed E-state index contributed by atoms with van der Waals surface area (Å²) >= 11 is 0. The fraction of sp³-hybridized carbons (Fsp3) is 0.800. The Bertz CT molecular complexity index is 294. The number of carbonyl (C=O) groups excluding carboxylic acids is 1. The highest BCUT2D eigenvalue weighted by molar-refractivity contribution is 5.73. The summed E-state index contributed by atoms with van der Waals surface area (Å²) in [5, 5.41) is 36.0. The summed E-state index contributed by atoms with van der Waals surface area (Å²) < 4.78 is 4.80. The fourth-order valence-corrected chi connectivity index (χ4v) is 1.10. The van der Waals surface area contributed by atoms with E-state index in [-0.39, 0.29) is 0 Å². The molecule has 6 N–H and O–H groups in total. The topological polar surface area (TPSA) is 150 Å². The third-order valence-corrected chi connectivity index (χ3v) is 2.32. The standard InChI is InChI=1S/C10H19NO7/c1-4(2)10(17)18-5(3-12)6(11)7(13)8(14)9(15)16/h4-8,12-14H,3,11H2,1-2H3,(H,15,16). The number of aliphatic hydroxyl groups is 3. The third-order valence-electron chi connectivity index (χ3n) is 2.32. The van der Waals surface area contributed by atoms with Crippen molar-refractivity contribution in [1.29, 1.82) is 0 Å². The zero-order valence-corrected chi connectivity index (χ0v) is 10.2. The minimum absolute atomic E-state index is 0.465. The second-order valence-corrected chi connectivity index (χ2v) is 4.16. The molecule has 0 bridgehead atoms. The van der Waals surface area contributed by atoms with Gasteiger partial charge in [0, 0.05) is 0 Å². The molecule has 0 heterocycles. The number of aliphatic carboxylic acids is 1. The largest absolute Gasteiger partial charge is 0.479 e. The molecule has 0 aromatic rings. The molecule has 0 aliphatic rings. The summed E-state index contributed by atoms with van der Waals surface area (Å²) in [5.74, 6) is -2.78. The summed E-state index contributed by atoms with van der Waals surface area (Å²) in [5.41, 5.74) is 5.45. The van der Waals surface area contributed by atoms with Gasteiger partial charge in [-0.2, -0.15) is 0 Å². The van der Waals surface area contributed by atoms with Crippen LogP contribution in [-0.2, 0) is 14.3 Å². The maximum absolute atomic E-state index is 11.3. The Morgan fingerprint density at radius 3 is 2.11 bits per heavy atom. The van der Waals surface area contributed by atoms with Crippen LogP contribution in [0.25, 0.3) is 0 Å². The first-order valence-electron chi connectivity index (χ1n) is 5.38. The van der Waals surface area contributed by atoms with Crippen LogP contribution in [-0.4, -0.2) is 63.3 Å². The minimum atomic E-state index is -2.12. The van der Waals surface area contributed by atoms with Crippen molar-refractivity contribution in [1.82, 2.24) is 0 Å². The number of hydrogen-bond donors (Lipinski definition) is 5. The number of hydrogen-bond acceptors (Lipinski definition) is 7. The van der Waals surface area contributed by atoms with Crippen molar-refractivity contribution in [2.24, 2.45) is 11.7 Å². The van der Waals surface area contributed by atoms with Crippen LogP contribution in [0, 0.1) is 5.92 Å². The van der Waals surface area contributed by atoms with Gasteiger partial charge in [0.1, 0.15) is 12.2 Å². The van der Waals surface area contributed by atoms with Gasteiger partial charge in [0.25, 0.3) is 0 Å². The van der Waals surface area contributed by atoms with Crippen molar-refractivity contribution in [3.05, 3.63) is 0 Å². The Morgan fingerprint density at radius 1 is 1.28 bits per heavy atom. The van der Waals surface area contributed by atoms with E-state index in [1.54, 1.807) is 13.8 Å². The molecule has 0 aromatic carbocycles. The lowest BCUT2D eigenvalue weighted by Gasteiger charge is -2.28. The molecule has 0 aromatic heterocycles. The summed E-state index contributed by atoms with van der Waals surface area (Å²) in [6.07, 6.45) is -5.27. The number of carboxylic acids is 1. The molecular formula is C10H19NO7. The van der Waals surface area contributed by atoms with Crippen LogP contribution in [0.3, 0.4) is 0 Å². The molecule has 0 aliphatic heterocycles. The molecule has 4 unspecified atom stereocenters. The molecular weight excluding hydrogens is 246 g/mol. The van der Waals surface area contributed by atoms with Gasteiger partial charge in [-0.25, -0.2) is 4.79 Å². The summed E-state index contributed by atoms with van der Waals surface area (Å²) in [4.78, 5) is 21.7. The van der Waals surface area contributed by atoms with Gasteiger partial charge < -0.3 is 30.9 Å². The first-order valence-corrected chi connectivity index (χ1v) is 5.38. The highest BCUT2D eigenvalue weighted by Crippen LogP contribution is 2.09. The molecule has 0 rings (SSSR count). The van der Waals surface area contributed by atoms with Crippen LogP contribution >= 0.6 is 0 Å². The van der Waals surface area contributed by atoms with E-state index in [0.717, 1.165) is 0 Å². The van der Waals surface area contributed by atoms with Crippen LogP contribution in [0.2, 0.25) is 0 Å². The zero-order chi connectivity index (χ0) is 14.5. The molecule has 4 atom stereocenters. The van der Waals surface area contributed by atoms with Gasteiger partial charge in [-0.3, -0.25) is 4.79 Å². The second kappa shape index (κ2) is 7.27. The van der Waals surface area contributed by atoms with Gasteiger partial charge in [-0.05, 0) is 0 Å². The molecule has 0 saturated carbocycles. The molecule has 0 fully saturated rings. The SMILES string of the molecule is CC(C)C(=O)OC(CO)C(N)C(O)C(O)C(=O)O. The molecule has 0 spiro atoms. The van der Waals surface area contributed by atoms with Crippen LogP contribution in [0.15, 0.2) is 0 Å². The lowest BCUT2D eigenvalue weighted by Crippen LogP contribution is -2.55. The Balaban J connectivity index is 4.65. The van der Waals surface area contributed by atoms with Gasteiger partial charge >= 0.3 is 11.9 Å². The van der Waals surface area contributed by atoms with Crippen molar-refractivity contribution < 1.29 is 34.8 Å². The van der Waals surface area contributed by atoms with Gasteiger partial charge in [-0.1, -0.05) is 13.8 Å². The molecule has 8 nitrogen and oxygen atoms in total. The van der Waals surface area contributed by atoms with E-state index in [2.05, 4.69) is 0 Å². The van der Waals surface area contributed by atoms with Crippen LogP contribution in [0.1, 0.15) is 13.8 Å². The van der Waals surface area contributed by atoms with Gasteiger partial charge in [0.05, 0.1) is 18.6 Å². The summed E-state index contributed by atoms with van der Waals surface area (Å²) in [6.45, 7) is 2.43. The first kappa shape index (κ1) is 16.8. The normalized spacial score (nSPS) is 17.9. The van der Waals surface area contributed by atoms with E-state index in [9.17, 15) is 14.7 Å². The number of ether oxygens (including phenoxy) is 1. The number of esters is 1. The van der Waals surface area contributed by atoms with E-state index in [4.69, 9.17) is 25.8 Å². The number of carbonyl (C=O) groups is 2. The van der Waals surface area contributed by atoms with Gasteiger partial charge in [-0.15, -0.1) is 0 Å². The van der Waals surface area contributed by atoms with Crippen molar-refractivity contribution >= 4 is 11.9 Å². The van der Waals surface area contributed by atoms with Gasteiger partial charge in [0.15, 0.2) is 6.10 Å². The van der Waals surface area contributed by atoms with E-state index >= 15 is 0 Å². The maximum atomic E-state index is 11.3. The Morgan fingerprint density at radius 2 is 1.78 bits per heavy atom. The molecule has 106 valence electrons. The summed E-state index contributed by atoms with van der Waals surface area (Å²) in [6, 6.07) is -1.41. The summed E-state index contributed by atoms with van der Waals surface area (Å²) in [7, 11) is 0.